The van der Waals surface area contributed by atoms with E-state index in [1.54, 1.807) is 42.5 Å². The molecule has 0 spiro atoms. The molecule has 0 saturated heterocycles. The summed E-state index contributed by atoms with van der Waals surface area (Å²) < 4.78 is 40.7. The number of hydrogen-bond acceptors (Lipinski definition) is 2. The largest absolute Gasteiger partial charge is 0.433 e. The van der Waals surface area contributed by atoms with Crippen LogP contribution in [0.25, 0.3) is 0 Å². The maximum Gasteiger partial charge on any atom is 0.433 e. The second kappa shape index (κ2) is 7.43. The third-order valence-electron chi connectivity index (χ3n) is 4.60. The summed E-state index contributed by atoms with van der Waals surface area (Å²) in [6.07, 6.45) is -0.444. The first-order valence-electron chi connectivity index (χ1n) is 8.63. The van der Waals surface area contributed by atoms with E-state index in [2.05, 4.69) is 11.2 Å². The summed E-state index contributed by atoms with van der Waals surface area (Å²) in [4.78, 5) is 0. The predicted octanol–water partition coefficient (Wildman–Crippen LogP) is 4.84. The van der Waals surface area contributed by atoms with E-state index in [9.17, 15) is 18.3 Å². The number of rotatable bonds is 3. The van der Waals surface area contributed by atoms with Gasteiger partial charge in [0.25, 0.3) is 0 Å². The Morgan fingerprint density at radius 1 is 0.923 bits per heavy atom. The molecule has 0 heterocycles. The molecule has 1 fully saturated rings. The lowest BCUT2D eigenvalue weighted by molar-refractivity contribution is -0.240. The van der Waals surface area contributed by atoms with E-state index in [4.69, 9.17) is 0 Å². The number of alkyl halides is 3. The average molecular weight is 359 g/mol. The van der Waals surface area contributed by atoms with Crippen molar-refractivity contribution in [1.82, 2.24) is 0 Å². The number of anilines is 1. The first kappa shape index (κ1) is 18.3. The highest BCUT2D eigenvalue weighted by Crippen LogP contribution is 2.39. The third-order valence-corrected chi connectivity index (χ3v) is 4.60. The second-order valence-electron chi connectivity index (χ2n) is 6.53. The number of aliphatic hydroxyl groups is 1. The van der Waals surface area contributed by atoms with Crippen molar-refractivity contribution in [3.8, 4) is 11.8 Å². The zero-order valence-electron chi connectivity index (χ0n) is 14.2. The minimum absolute atomic E-state index is 0.287. The van der Waals surface area contributed by atoms with Crippen molar-refractivity contribution < 1.29 is 18.3 Å². The number of hydrogen-bond donors (Lipinski definition) is 2. The molecule has 0 aliphatic heterocycles. The van der Waals surface area contributed by atoms with E-state index < -0.39 is 11.8 Å². The van der Waals surface area contributed by atoms with Crippen LogP contribution >= 0.6 is 0 Å². The monoisotopic (exact) mass is 359 g/mol. The van der Waals surface area contributed by atoms with Crippen LogP contribution in [-0.2, 0) is 5.60 Å². The predicted molar refractivity (Wildman–Crippen MR) is 95.6 cm³/mol. The molecule has 0 bridgehead atoms. The van der Waals surface area contributed by atoms with Crippen molar-refractivity contribution in [3.05, 3.63) is 65.7 Å². The van der Waals surface area contributed by atoms with Crippen LogP contribution in [0, 0.1) is 11.8 Å². The SMILES string of the molecule is OC(C#Cc1ccccc1)(c1ccc(NC2CCCC2)cc1)C(F)(F)F. The van der Waals surface area contributed by atoms with Crippen LogP contribution in [-0.4, -0.2) is 17.3 Å². The zero-order chi connectivity index (χ0) is 18.6. The van der Waals surface area contributed by atoms with Crippen LogP contribution in [0.15, 0.2) is 54.6 Å². The van der Waals surface area contributed by atoms with Crippen LogP contribution in [0.4, 0.5) is 18.9 Å². The number of nitrogens with one attached hydrogen (secondary N) is 1. The first-order valence-corrected chi connectivity index (χ1v) is 8.63. The van der Waals surface area contributed by atoms with Gasteiger partial charge in [0.15, 0.2) is 0 Å². The Morgan fingerprint density at radius 3 is 2.12 bits per heavy atom. The summed E-state index contributed by atoms with van der Waals surface area (Å²) in [6, 6.07) is 14.4. The Balaban J connectivity index is 1.87. The highest BCUT2D eigenvalue weighted by atomic mass is 19.4. The third kappa shape index (κ3) is 4.03. The summed E-state index contributed by atoms with van der Waals surface area (Å²) in [5, 5.41) is 13.7. The van der Waals surface area contributed by atoms with Crippen molar-refractivity contribution in [3.63, 3.8) is 0 Å². The summed E-state index contributed by atoms with van der Waals surface area (Å²) in [5.41, 5.74) is -2.34. The van der Waals surface area contributed by atoms with Crippen LogP contribution in [0.2, 0.25) is 0 Å². The van der Waals surface area contributed by atoms with Crippen LogP contribution in [0.3, 0.4) is 0 Å². The smallest absolute Gasteiger partial charge is 0.382 e. The molecule has 1 aliphatic carbocycles. The Labute approximate surface area is 151 Å². The molecule has 0 amide bonds. The van der Waals surface area contributed by atoms with Gasteiger partial charge in [-0.15, -0.1) is 0 Å². The molecule has 1 aliphatic rings. The minimum atomic E-state index is -4.91. The highest BCUT2D eigenvalue weighted by Gasteiger charge is 2.54. The van der Waals surface area contributed by atoms with Gasteiger partial charge in [-0.3, -0.25) is 0 Å². The van der Waals surface area contributed by atoms with Gasteiger partial charge in [-0.05, 0) is 43.0 Å². The maximum absolute atomic E-state index is 13.6. The van der Waals surface area contributed by atoms with Crippen molar-refractivity contribution >= 4 is 5.69 Å². The lowest BCUT2D eigenvalue weighted by Gasteiger charge is -2.26. The van der Waals surface area contributed by atoms with Gasteiger partial charge >= 0.3 is 6.18 Å². The molecule has 2 aromatic rings. The summed E-state index contributed by atoms with van der Waals surface area (Å²) in [6.45, 7) is 0. The lowest BCUT2D eigenvalue weighted by atomic mass is 9.93. The van der Waals surface area contributed by atoms with Gasteiger partial charge in [-0.1, -0.05) is 49.1 Å². The number of halogens is 3. The topological polar surface area (TPSA) is 32.3 Å². The number of benzene rings is 2. The van der Waals surface area contributed by atoms with Gasteiger partial charge in [0.1, 0.15) is 0 Å². The fraction of sp³-hybridized carbons (Fsp3) is 0.333. The first-order chi connectivity index (χ1) is 12.4. The lowest BCUT2D eigenvalue weighted by Crippen LogP contribution is -2.41. The molecule has 1 saturated carbocycles. The maximum atomic E-state index is 13.6. The van der Waals surface area contributed by atoms with Gasteiger partial charge in [0, 0.05) is 22.9 Å². The molecule has 2 aromatic carbocycles. The van der Waals surface area contributed by atoms with Crippen molar-refractivity contribution in [2.24, 2.45) is 0 Å². The molecule has 136 valence electrons. The summed E-state index contributed by atoms with van der Waals surface area (Å²) >= 11 is 0. The summed E-state index contributed by atoms with van der Waals surface area (Å²) in [7, 11) is 0. The molecule has 26 heavy (non-hydrogen) atoms. The molecule has 2 N–H and O–H groups in total. The van der Waals surface area contributed by atoms with Crippen LogP contribution in [0.5, 0.6) is 0 Å². The van der Waals surface area contributed by atoms with Gasteiger partial charge in [-0.25, -0.2) is 0 Å². The molecule has 3 rings (SSSR count). The molecule has 0 aromatic heterocycles. The van der Waals surface area contributed by atoms with Crippen LogP contribution in [0.1, 0.15) is 36.8 Å². The summed E-state index contributed by atoms with van der Waals surface area (Å²) in [5.74, 6) is 4.45. The normalized spacial score (nSPS) is 17.2. The fourth-order valence-electron chi connectivity index (χ4n) is 3.10. The second-order valence-corrected chi connectivity index (χ2v) is 6.53. The molecule has 5 heteroatoms. The molecular weight excluding hydrogens is 339 g/mol. The minimum Gasteiger partial charge on any atom is -0.382 e. The van der Waals surface area contributed by atoms with Gasteiger partial charge < -0.3 is 10.4 Å². The average Bonchev–Trinajstić information content (AvgIpc) is 3.13. The highest BCUT2D eigenvalue weighted by molar-refractivity contribution is 5.49. The van der Waals surface area contributed by atoms with Gasteiger partial charge in [0.05, 0.1) is 0 Å². The molecular formula is C21H20F3NO. The van der Waals surface area contributed by atoms with Crippen molar-refractivity contribution in [1.29, 1.82) is 0 Å². The van der Waals surface area contributed by atoms with Gasteiger partial charge in [-0.2, -0.15) is 13.2 Å². The molecule has 1 atom stereocenters. The van der Waals surface area contributed by atoms with Crippen LogP contribution < -0.4 is 5.32 Å². The van der Waals surface area contributed by atoms with E-state index in [0.29, 0.717) is 11.6 Å². The molecule has 1 unspecified atom stereocenters. The Hall–Kier alpha value is -2.45. The Kier molecular flexibility index (Phi) is 5.24. The Bertz CT molecular complexity index is 784. The Morgan fingerprint density at radius 2 is 1.54 bits per heavy atom. The van der Waals surface area contributed by atoms with E-state index in [1.165, 1.54) is 25.0 Å². The molecule has 2 nitrogen and oxygen atoms in total. The van der Waals surface area contributed by atoms with Gasteiger partial charge in [0.2, 0.25) is 5.60 Å². The van der Waals surface area contributed by atoms with E-state index in [1.807, 2.05) is 5.92 Å². The van der Waals surface area contributed by atoms with E-state index >= 15 is 0 Å². The van der Waals surface area contributed by atoms with E-state index in [0.717, 1.165) is 18.5 Å². The van der Waals surface area contributed by atoms with Crippen molar-refractivity contribution in [2.75, 3.05) is 5.32 Å². The van der Waals surface area contributed by atoms with E-state index in [-0.39, 0.29) is 5.56 Å². The molecule has 0 radical (unpaired) electrons. The standard InChI is InChI=1S/C21H20F3NO/c22-21(23,24)20(26,15-14-16-6-2-1-3-7-16)17-10-12-19(13-11-17)25-18-8-4-5-9-18/h1-3,6-7,10-13,18,25-26H,4-5,8-9H2. The van der Waals surface area contributed by atoms with Crippen molar-refractivity contribution in [2.45, 2.75) is 43.5 Å². The fourth-order valence-corrected chi connectivity index (χ4v) is 3.10. The quantitative estimate of drug-likeness (QED) is 0.769. The zero-order valence-corrected chi connectivity index (χ0v) is 14.2.